The van der Waals surface area contributed by atoms with Crippen molar-refractivity contribution in [2.45, 2.75) is 27.2 Å². The van der Waals surface area contributed by atoms with E-state index in [-0.39, 0.29) is 12.3 Å². The lowest BCUT2D eigenvalue weighted by atomic mass is 9.59. The van der Waals surface area contributed by atoms with E-state index in [1.807, 2.05) is 0 Å². The van der Waals surface area contributed by atoms with Gasteiger partial charge in [-0.2, -0.15) is 0 Å². The summed E-state index contributed by atoms with van der Waals surface area (Å²) < 4.78 is 0. The molecule has 0 spiro atoms. The van der Waals surface area contributed by atoms with Gasteiger partial charge in [-0.05, 0) is 11.3 Å². The highest BCUT2D eigenvalue weighted by atomic mass is 16.4. The first-order valence-corrected chi connectivity index (χ1v) is 5.38. The number of rotatable bonds is 7. The van der Waals surface area contributed by atoms with Gasteiger partial charge >= 0.3 is 11.9 Å². The topological polar surface area (TPSA) is 74.6 Å². The van der Waals surface area contributed by atoms with Crippen molar-refractivity contribution in [1.82, 2.24) is 0 Å². The van der Waals surface area contributed by atoms with E-state index in [2.05, 4.69) is 13.2 Å². The van der Waals surface area contributed by atoms with Crippen molar-refractivity contribution >= 4 is 11.9 Å². The van der Waals surface area contributed by atoms with Crippen LogP contribution >= 0.6 is 0 Å². The fourth-order valence-corrected chi connectivity index (χ4v) is 1.98. The molecule has 0 aliphatic carbocycles. The summed E-state index contributed by atoms with van der Waals surface area (Å²) in [4.78, 5) is 22.2. The first-order valence-electron chi connectivity index (χ1n) is 5.38. The lowest BCUT2D eigenvalue weighted by Crippen LogP contribution is -2.45. The maximum absolute atomic E-state index is 11.4. The summed E-state index contributed by atoms with van der Waals surface area (Å²) >= 11 is 0. The van der Waals surface area contributed by atoms with Gasteiger partial charge in [0.15, 0.2) is 0 Å². The van der Waals surface area contributed by atoms with Crippen LogP contribution in [0.4, 0.5) is 0 Å². The summed E-state index contributed by atoms with van der Waals surface area (Å²) in [6.45, 7) is 12.3. The van der Waals surface area contributed by atoms with E-state index in [0.29, 0.717) is 0 Å². The maximum atomic E-state index is 11.4. The molecule has 0 amide bonds. The number of carboxylic acids is 2. The average Bonchev–Trinajstić information content (AvgIpc) is 2.18. The van der Waals surface area contributed by atoms with Crippen LogP contribution in [0.5, 0.6) is 0 Å². The van der Waals surface area contributed by atoms with Crippen LogP contribution in [-0.4, -0.2) is 22.2 Å². The minimum absolute atomic E-state index is 0.0935. The van der Waals surface area contributed by atoms with Gasteiger partial charge in [0, 0.05) is 6.42 Å². The van der Waals surface area contributed by atoms with Crippen LogP contribution in [0.25, 0.3) is 0 Å². The molecular weight excluding hydrogens is 220 g/mol. The fourth-order valence-electron chi connectivity index (χ4n) is 1.98. The smallest absolute Gasteiger partial charge is 0.317 e. The SMILES string of the molecule is C=CC(C=C)(C(=O)O)C(C)(C)C(C)CC(=O)O. The molecule has 96 valence electrons. The molecule has 1 unspecified atom stereocenters. The van der Waals surface area contributed by atoms with Crippen molar-refractivity contribution in [3.05, 3.63) is 25.3 Å². The van der Waals surface area contributed by atoms with Gasteiger partial charge in [0.05, 0.1) is 0 Å². The number of carbonyl (C=O) groups is 2. The molecule has 0 aliphatic heterocycles. The molecule has 0 saturated carbocycles. The Labute approximate surface area is 102 Å². The monoisotopic (exact) mass is 240 g/mol. The predicted octanol–water partition coefficient (Wildman–Crippen LogP) is 2.57. The van der Waals surface area contributed by atoms with Crippen LogP contribution in [0.1, 0.15) is 27.2 Å². The van der Waals surface area contributed by atoms with Gasteiger partial charge in [-0.15, -0.1) is 13.2 Å². The van der Waals surface area contributed by atoms with Gasteiger partial charge in [0.25, 0.3) is 0 Å². The quantitative estimate of drug-likeness (QED) is 0.671. The average molecular weight is 240 g/mol. The highest BCUT2D eigenvalue weighted by molar-refractivity contribution is 5.81. The third kappa shape index (κ3) is 2.57. The van der Waals surface area contributed by atoms with E-state index in [1.54, 1.807) is 20.8 Å². The molecule has 0 aliphatic rings. The number of aliphatic carboxylic acids is 2. The Bertz CT molecular complexity index is 333. The van der Waals surface area contributed by atoms with E-state index in [1.165, 1.54) is 12.2 Å². The molecule has 0 saturated heterocycles. The molecule has 0 bridgehead atoms. The van der Waals surface area contributed by atoms with Crippen molar-refractivity contribution in [3.63, 3.8) is 0 Å². The number of carboxylic acid groups (broad SMARTS) is 2. The maximum Gasteiger partial charge on any atom is 0.317 e. The summed E-state index contributed by atoms with van der Waals surface area (Å²) in [5.74, 6) is -2.34. The Morgan fingerprint density at radius 2 is 1.65 bits per heavy atom. The van der Waals surface area contributed by atoms with E-state index < -0.39 is 22.8 Å². The normalized spacial score (nSPS) is 13.8. The van der Waals surface area contributed by atoms with Crippen molar-refractivity contribution < 1.29 is 19.8 Å². The van der Waals surface area contributed by atoms with Crippen LogP contribution in [0.2, 0.25) is 0 Å². The molecule has 0 heterocycles. The molecule has 0 radical (unpaired) electrons. The van der Waals surface area contributed by atoms with Gasteiger partial charge in [-0.1, -0.05) is 32.9 Å². The number of hydrogen-bond acceptors (Lipinski definition) is 2. The van der Waals surface area contributed by atoms with E-state index >= 15 is 0 Å². The van der Waals surface area contributed by atoms with Crippen molar-refractivity contribution in [2.75, 3.05) is 0 Å². The highest BCUT2D eigenvalue weighted by Crippen LogP contribution is 2.48. The molecule has 17 heavy (non-hydrogen) atoms. The van der Waals surface area contributed by atoms with Gasteiger partial charge in [0.2, 0.25) is 0 Å². The zero-order valence-corrected chi connectivity index (χ0v) is 10.6. The molecule has 0 rings (SSSR count). The molecule has 4 heteroatoms. The fraction of sp³-hybridized carbons (Fsp3) is 0.538. The van der Waals surface area contributed by atoms with Crippen LogP contribution in [0.15, 0.2) is 25.3 Å². The minimum atomic E-state index is -1.33. The molecule has 0 aromatic carbocycles. The van der Waals surface area contributed by atoms with Gasteiger partial charge in [0.1, 0.15) is 5.41 Å². The Morgan fingerprint density at radius 3 is 1.88 bits per heavy atom. The number of hydrogen-bond donors (Lipinski definition) is 2. The first-order chi connectivity index (χ1) is 7.65. The summed E-state index contributed by atoms with van der Waals surface area (Å²) in [6, 6.07) is 0. The van der Waals surface area contributed by atoms with Crippen LogP contribution in [0.3, 0.4) is 0 Å². The summed E-state index contributed by atoms with van der Waals surface area (Å²) in [7, 11) is 0. The largest absolute Gasteiger partial charge is 0.481 e. The van der Waals surface area contributed by atoms with Gasteiger partial charge in [-0.25, -0.2) is 0 Å². The zero-order chi connectivity index (χ0) is 13.9. The highest BCUT2D eigenvalue weighted by Gasteiger charge is 2.50. The second-order valence-electron chi connectivity index (χ2n) is 4.80. The molecule has 0 fully saturated rings. The van der Waals surface area contributed by atoms with Crippen molar-refractivity contribution in [1.29, 1.82) is 0 Å². The molecule has 0 aromatic rings. The summed E-state index contributed by atoms with van der Waals surface area (Å²) in [5.41, 5.74) is -2.12. The minimum Gasteiger partial charge on any atom is -0.481 e. The second kappa shape index (κ2) is 5.17. The lowest BCUT2D eigenvalue weighted by Gasteiger charge is -2.43. The standard InChI is InChI=1S/C13H20O4/c1-6-13(7-2,11(16)17)12(4,5)9(3)8-10(14)15/h6-7,9H,1-2,8H2,3-5H3,(H,14,15)(H,16,17). The van der Waals surface area contributed by atoms with Gasteiger partial charge in [-0.3, -0.25) is 9.59 Å². The third-order valence-electron chi connectivity index (χ3n) is 3.78. The lowest BCUT2D eigenvalue weighted by molar-refractivity contribution is -0.152. The summed E-state index contributed by atoms with van der Waals surface area (Å²) in [6.07, 6.45) is 2.55. The second-order valence-corrected chi connectivity index (χ2v) is 4.80. The van der Waals surface area contributed by atoms with E-state index in [9.17, 15) is 14.7 Å². The van der Waals surface area contributed by atoms with Crippen LogP contribution < -0.4 is 0 Å². The van der Waals surface area contributed by atoms with Crippen molar-refractivity contribution in [3.8, 4) is 0 Å². The van der Waals surface area contributed by atoms with Crippen LogP contribution in [0, 0.1) is 16.7 Å². The van der Waals surface area contributed by atoms with Crippen molar-refractivity contribution in [2.24, 2.45) is 16.7 Å². The predicted molar refractivity (Wildman–Crippen MR) is 65.7 cm³/mol. The molecule has 1 atom stereocenters. The molecular formula is C13H20O4. The van der Waals surface area contributed by atoms with E-state index in [0.717, 1.165) is 0 Å². The van der Waals surface area contributed by atoms with Gasteiger partial charge < -0.3 is 10.2 Å². The molecule has 2 N–H and O–H groups in total. The summed E-state index contributed by atoms with van der Waals surface area (Å²) in [5, 5.41) is 18.2. The van der Waals surface area contributed by atoms with Crippen LogP contribution in [-0.2, 0) is 9.59 Å². The Balaban J connectivity index is 5.50. The third-order valence-corrected chi connectivity index (χ3v) is 3.78. The van der Waals surface area contributed by atoms with E-state index in [4.69, 9.17) is 5.11 Å². The Kier molecular flexibility index (Phi) is 4.69. The zero-order valence-electron chi connectivity index (χ0n) is 10.6. The Hall–Kier alpha value is -1.58. The first kappa shape index (κ1) is 15.4. The molecule has 0 aromatic heterocycles. The Morgan fingerprint density at radius 1 is 1.24 bits per heavy atom. The molecule has 4 nitrogen and oxygen atoms in total.